The number of ether oxygens (including phenoxy) is 1. The highest BCUT2D eigenvalue weighted by molar-refractivity contribution is 6.30. The first-order valence-electron chi connectivity index (χ1n) is 8.28. The molecule has 1 aromatic heterocycles. The van der Waals surface area contributed by atoms with Crippen molar-refractivity contribution in [3.05, 3.63) is 47.4 Å². The lowest BCUT2D eigenvalue weighted by Crippen LogP contribution is -2.44. The van der Waals surface area contributed by atoms with Crippen LogP contribution in [-0.4, -0.2) is 55.6 Å². The van der Waals surface area contributed by atoms with Gasteiger partial charge in [0.2, 0.25) is 0 Å². The minimum atomic E-state index is -0.532. The SMILES string of the molecule is CN1CCN(c2ccc(NC(=O)COc3ccc(F)c(Cl)c3)cn2)CC1. The van der Waals surface area contributed by atoms with Crippen molar-refractivity contribution in [2.24, 2.45) is 0 Å². The fourth-order valence-corrected chi connectivity index (χ4v) is 2.77. The van der Waals surface area contributed by atoms with Gasteiger partial charge in [-0.25, -0.2) is 9.37 Å². The number of benzene rings is 1. The van der Waals surface area contributed by atoms with Gasteiger partial charge in [-0.3, -0.25) is 4.79 Å². The molecule has 0 atom stereocenters. The van der Waals surface area contributed by atoms with Gasteiger partial charge in [-0.1, -0.05) is 11.6 Å². The number of carbonyl (C=O) groups is 1. The van der Waals surface area contributed by atoms with Gasteiger partial charge in [-0.15, -0.1) is 0 Å². The van der Waals surface area contributed by atoms with Gasteiger partial charge < -0.3 is 19.9 Å². The largest absolute Gasteiger partial charge is 0.484 e. The van der Waals surface area contributed by atoms with Crippen LogP contribution in [0.15, 0.2) is 36.5 Å². The zero-order valence-corrected chi connectivity index (χ0v) is 15.2. The summed E-state index contributed by atoms with van der Waals surface area (Å²) in [5.41, 5.74) is 0.591. The number of likely N-dealkylation sites (N-methyl/N-ethyl adjacent to an activating group) is 1. The van der Waals surface area contributed by atoms with Crippen LogP contribution < -0.4 is 15.0 Å². The van der Waals surface area contributed by atoms with E-state index in [1.165, 1.54) is 18.2 Å². The molecule has 0 spiro atoms. The Labute approximate surface area is 156 Å². The van der Waals surface area contributed by atoms with E-state index in [-0.39, 0.29) is 17.5 Å². The van der Waals surface area contributed by atoms with Crippen molar-refractivity contribution in [3.63, 3.8) is 0 Å². The van der Waals surface area contributed by atoms with Gasteiger partial charge in [0.05, 0.1) is 16.9 Å². The lowest BCUT2D eigenvalue weighted by molar-refractivity contribution is -0.118. The van der Waals surface area contributed by atoms with Crippen LogP contribution in [0, 0.1) is 5.82 Å². The Morgan fingerprint density at radius 1 is 1.27 bits per heavy atom. The number of nitrogens with zero attached hydrogens (tertiary/aromatic N) is 3. The number of hydrogen-bond donors (Lipinski definition) is 1. The molecule has 6 nitrogen and oxygen atoms in total. The van der Waals surface area contributed by atoms with E-state index in [2.05, 4.69) is 27.1 Å². The van der Waals surface area contributed by atoms with E-state index in [0.717, 1.165) is 32.0 Å². The zero-order valence-electron chi connectivity index (χ0n) is 14.4. The number of rotatable bonds is 5. The van der Waals surface area contributed by atoms with Crippen molar-refractivity contribution in [3.8, 4) is 5.75 Å². The number of anilines is 2. The van der Waals surface area contributed by atoms with E-state index in [1.54, 1.807) is 6.20 Å². The highest BCUT2D eigenvalue weighted by Crippen LogP contribution is 2.21. The molecule has 0 radical (unpaired) electrons. The van der Waals surface area contributed by atoms with Gasteiger partial charge in [0, 0.05) is 32.2 Å². The van der Waals surface area contributed by atoms with E-state index in [1.807, 2.05) is 12.1 Å². The highest BCUT2D eigenvalue weighted by Gasteiger charge is 2.15. The minimum absolute atomic E-state index is 0.0494. The maximum absolute atomic E-state index is 13.1. The first-order valence-corrected chi connectivity index (χ1v) is 8.66. The van der Waals surface area contributed by atoms with E-state index in [4.69, 9.17) is 16.3 Å². The van der Waals surface area contributed by atoms with Crippen molar-refractivity contribution in [2.75, 3.05) is 50.1 Å². The Kier molecular flexibility index (Phi) is 5.90. The van der Waals surface area contributed by atoms with Crippen molar-refractivity contribution < 1.29 is 13.9 Å². The average Bonchev–Trinajstić information content (AvgIpc) is 2.64. The topological polar surface area (TPSA) is 57.7 Å². The molecule has 2 heterocycles. The summed E-state index contributed by atoms with van der Waals surface area (Å²) in [6, 6.07) is 7.64. The predicted octanol–water partition coefficient (Wildman–Crippen LogP) is 2.64. The van der Waals surface area contributed by atoms with Crippen LogP contribution in [0.2, 0.25) is 5.02 Å². The zero-order chi connectivity index (χ0) is 18.5. The number of amides is 1. The summed E-state index contributed by atoms with van der Waals surface area (Å²) < 4.78 is 18.4. The molecule has 1 N–H and O–H groups in total. The lowest BCUT2D eigenvalue weighted by Gasteiger charge is -2.33. The third-order valence-corrected chi connectivity index (χ3v) is 4.41. The summed E-state index contributed by atoms with van der Waals surface area (Å²) in [5, 5.41) is 2.67. The second-order valence-corrected chi connectivity index (χ2v) is 6.52. The highest BCUT2D eigenvalue weighted by atomic mass is 35.5. The summed E-state index contributed by atoms with van der Waals surface area (Å²) in [6.07, 6.45) is 1.63. The first-order chi connectivity index (χ1) is 12.5. The number of nitrogens with one attached hydrogen (secondary N) is 1. The third kappa shape index (κ3) is 4.83. The second-order valence-electron chi connectivity index (χ2n) is 6.11. The molecule has 1 aromatic carbocycles. The van der Waals surface area contributed by atoms with Crippen LogP contribution in [0.1, 0.15) is 0 Å². The molecule has 2 aromatic rings. The molecule has 0 bridgehead atoms. The van der Waals surface area contributed by atoms with Crippen LogP contribution in [0.3, 0.4) is 0 Å². The van der Waals surface area contributed by atoms with Crippen LogP contribution in [-0.2, 0) is 4.79 Å². The van der Waals surface area contributed by atoms with Crippen LogP contribution in [0.5, 0.6) is 5.75 Å². The fraction of sp³-hybridized carbons (Fsp3) is 0.333. The number of hydrogen-bond acceptors (Lipinski definition) is 5. The molecule has 1 amide bonds. The van der Waals surface area contributed by atoms with Gasteiger partial charge >= 0.3 is 0 Å². The lowest BCUT2D eigenvalue weighted by atomic mass is 10.3. The summed E-state index contributed by atoms with van der Waals surface area (Å²) in [5.74, 6) is 0.359. The van der Waals surface area contributed by atoms with Crippen molar-refractivity contribution in [1.82, 2.24) is 9.88 Å². The Morgan fingerprint density at radius 3 is 2.69 bits per heavy atom. The molecule has 1 saturated heterocycles. The number of piperazine rings is 1. The molecule has 1 aliphatic heterocycles. The summed E-state index contributed by atoms with van der Waals surface area (Å²) in [7, 11) is 2.10. The molecule has 3 rings (SSSR count). The number of carbonyl (C=O) groups excluding carboxylic acids is 1. The minimum Gasteiger partial charge on any atom is -0.484 e. The normalized spacial score (nSPS) is 15.0. The average molecular weight is 379 g/mol. The maximum atomic E-state index is 13.1. The smallest absolute Gasteiger partial charge is 0.262 e. The van der Waals surface area contributed by atoms with Gasteiger partial charge in [-0.2, -0.15) is 0 Å². The van der Waals surface area contributed by atoms with Crippen LogP contribution in [0.4, 0.5) is 15.9 Å². The van der Waals surface area contributed by atoms with E-state index in [9.17, 15) is 9.18 Å². The second kappa shape index (κ2) is 8.33. The molecule has 1 aliphatic rings. The quantitative estimate of drug-likeness (QED) is 0.866. The third-order valence-electron chi connectivity index (χ3n) is 4.12. The van der Waals surface area contributed by atoms with E-state index in [0.29, 0.717) is 11.4 Å². The molecule has 0 saturated carbocycles. The monoisotopic (exact) mass is 378 g/mol. The molecule has 26 heavy (non-hydrogen) atoms. The predicted molar refractivity (Wildman–Crippen MR) is 99.5 cm³/mol. The van der Waals surface area contributed by atoms with Crippen molar-refractivity contribution in [2.45, 2.75) is 0 Å². The molecular formula is C18H20ClFN4O2. The standard InChI is InChI=1S/C18H20ClFN4O2/c1-23-6-8-24(9-7-23)17-5-2-13(11-21-17)22-18(25)12-26-14-3-4-16(20)15(19)10-14/h2-5,10-11H,6-9,12H2,1H3,(H,22,25). The Morgan fingerprint density at radius 2 is 2.04 bits per heavy atom. The van der Waals surface area contributed by atoms with E-state index >= 15 is 0 Å². The van der Waals surface area contributed by atoms with Crippen LogP contribution >= 0.6 is 11.6 Å². The van der Waals surface area contributed by atoms with Gasteiger partial charge in [0.15, 0.2) is 6.61 Å². The van der Waals surface area contributed by atoms with Gasteiger partial charge in [0.25, 0.3) is 5.91 Å². The summed E-state index contributed by atoms with van der Waals surface area (Å²) in [4.78, 5) is 20.9. The number of pyridine rings is 1. The molecule has 0 unspecified atom stereocenters. The number of halogens is 2. The first kappa shape index (κ1) is 18.4. The van der Waals surface area contributed by atoms with Crippen molar-refractivity contribution >= 4 is 29.0 Å². The van der Waals surface area contributed by atoms with Gasteiger partial charge in [-0.05, 0) is 31.3 Å². The molecule has 8 heteroatoms. The molecular weight excluding hydrogens is 359 g/mol. The van der Waals surface area contributed by atoms with E-state index < -0.39 is 5.82 Å². The molecule has 0 aliphatic carbocycles. The Bertz CT molecular complexity index is 764. The van der Waals surface area contributed by atoms with Gasteiger partial charge in [0.1, 0.15) is 17.4 Å². The summed E-state index contributed by atoms with van der Waals surface area (Å²) in [6.45, 7) is 3.67. The Hall–Kier alpha value is -2.38. The van der Waals surface area contributed by atoms with Crippen LogP contribution in [0.25, 0.3) is 0 Å². The maximum Gasteiger partial charge on any atom is 0.262 e. The fourth-order valence-electron chi connectivity index (χ4n) is 2.60. The molecule has 138 valence electrons. The molecule has 1 fully saturated rings. The Balaban J connectivity index is 1.50. The summed E-state index contributed by atoms with van der Waals surface area (Å²) >= 11 is 5.68. The number of aromatic nitrogens is 1. The van der Waals surface area contributed by atoms with Crippen molar-refractivity contribution in [1.29, 1.82) is 0 Å².